The Kier molecular flexibility index (Phi) is 14.1. The predicted molar refractivity (Wildman–Crippen MR) is 125 cm³/mol. The lowest BCUT2D eigenvalue weighted by molar-refractivity contribution is 0.0888. The normalized spacial score (nSPS) is 16.5. The summed E-state index contributed by atoms with van der Waals surface area (Å²) in [5, 5.41) is 6.71. The Morgan fingerprint density at radius 3 is 2.54 bits per heavy atom. The van der Waals surface area contributed by atoms with Crippen molar-refractivity contribution in [1.82, 2.24) is 10.6 Å². The summed E-state index contributed by atoms with van der Waals surface area (Å²) in [6.07, 6.45) is 5.45. The first-order valence-corrected chi connectivity index (χ1v) is 10.0. The van der Waals surface area contributed by atoms with Crippen LogP contribution in [0.1, 0.15) is 31.2 Å². The van der Waals surface area contributed by atoms with Crippen LogP contribution in [0.2, 0.25) is 0 Å². The van der Waals surface area contributed by atoms with Crippen LogP contribution in [0.25, 0.3) is 0 Å². The highest BCUT2D eigenvalue weighted by Crippen LogP contribution is 2.13. The monoisotopic (exact) mass is 505 g/mol. The molecule has 1 aliphatic heterocycles. The minimum Gasteiger partial charge on any atom is -0.497 e. The van der Waals surface area contributed by atoms with Crippen LogP contribution in [-0.2, 0) is 15.9 Å². The Labute approximate surface area is 186 Å². The van der Waals surface area contributed by atoms with E-state index < -0.39 is 0 Å². The molecular formula is C21H36IN3O3. The van der Waals surface area contributed by atoms with E-state index in [1.54, 1.807) is 7.11 Å². The first-order valence-electron chi connectivity index (χ1n) is 10.0. The summed E-state index contributed by atoms with van der Waals surface area (Å²) >= 11 is 0. The molecule has 28 heavy (non-hydrogen) atoms. The molecule has 1 atom stereocenters. The second-order valence-electron chi connectivity index (χ2n) is 6.89. The van der Waals surface area contributed by atoms with E-state index in [1.807, 2.05) is 19.2 Å². The van der Waals surface area contributed by atoms with Crippen LogP contribution in [0, 0.1) is 5.92 Å². The van der Waals surface area contributed by atoms with Crippen LogP contribution in [0.3, 0.4) is 0 Å². The average Bonchev–Trinajstić information content (AvgIpc) is 3.22. The maximum absolute atomic E-state index is 5.71. The van der Waals surface area contributed by atoms with E-state index in [9.17, 15) is 0 Å². The van der Waals surface area contributed by atoms with E-state index in [4.69, 9.17) is 14.2 Å². The number of hydrogen-bond acceptors (Lipinski definition) is 4. The quantitative estimate of drug-likeness (QED) is 0.198. The molecule has 1 heterocycles. The SMILES string of the molecule is CN=C(NCCCCc1ccc(OC)cc1)NCCCOCC1CCOC1.I. The van der Waals surface area contributed by atoms with Crippen molar-refractivity contribution in [3.05, 3.63) is 29.8 Å². The molecule has 0 bridgehead atoms. The lowest BCUT2D eigenvalue weighted by Crippen LogP contribution is -2.38. The molecule has 2 rings (SSSR count). The van der Waals surface area contributed by atoms with Gasteiger partial charge in [-0.15, -0.1) is 24.0 Å². The number of methoxy groups -OCH3 is 1. The molecule has 1 aromatic rings. The second kappa shape index (κ2) is 15.8. The van der Waals surface area contributed by atoms with E-state index in [1.165, 1.54) is 5.56 Å². The molecule has 7 heteroatoms. The molecule has 1 unspecified atom stereocenters. The number of unbranched alkanes of at least 4 members (excludes halogenated alkanes) is 1. The Bertz CT molecular complexity index is 534. The standard InChI is InChI=1S/C21H35N3O3.HI/c1-22-21(24-13-5-14-26-16-19-11-15-27-17-19)23-12-4-3-6-18-7-9-20(25-2)10-8-18;/h7-10,19H,3-6,11-17H2,1-2H3,(H2,22,23,24);1H. The zero-order valence-corrected chi connectivity index (χ0v) is 19.6. The van der Waals surface area contributed by atoms with E-state index in [-0.39, 0.29) is 24.0 Å². The van der Waals surface area contributed by atoms with Gasteiger partial charge in [-0.25, -0.2) is 0 Å². The Balaban J connectivity index is 0.00000392. The van der Waals surface area contributed by atoms with Gasteiger partial charge in [-0.3, -0.25) is 4.99 Å². The van der Waals surface area contributed by atoms with Crippen molar-refractivity contribution >= 4 is 29.9 Å². The lowest BCUT2D eigenvalue weighted by atomic mass is 10.1. The minimum absolute atomic E-state index is 0. The Hall–Kier alpha value is -1.06. The fourth-order valence-corrected chi connectivity index (χ4v) is 3.02. The average molecular weight is 505 g/mol. The number of nitrogens with zero attached hydrogens (tertiary/aromatic N) is 1. The number of guanidine groups is 1. The third-order valence-corrected chi connectivity index (χ3v) is 4.70. The molecule has 160 valence electrons. The second-order valence-corrected chi connectivity index (χ2v) is 6.89. The third kappa shape index (κ3) is 10.5. The van der Waals surface area contributed by atoms with E-state index in [0.717, 1.165) is 83.3 Å². The van der Waals surface area contributed by atoms with Crippen LogP contribution in [0.5, 0.6) is 5.75 Å². The Morgan fingerprint density at radius 2 is 1.89 bits per heavy atom. The maximum Gasteiger partial charge on any atom is 0.190 e. The number of nitrogens with one attached hydrogen (secondary N) is 2. The number of aliphatic imine (C=N–C) groups is 1. The molecule has 0 aliphatic carbocycles. The first kappa shape index (κ1) is 25.0. The topological polar surface area (TPSA) is 64.1 Å². The van der Waals surface area contributed by atoms with Gasteiger partial charge in [-0.05, 0) is 49.8 Å². The molecule has 0 radical (unpaired) electrons. The molecule has 1 aliphatic rings. The third-order valence-electron chi connectivity index (χ3n) is 4.70. The lowest BCUT2D eigenvalue weighted by Gasteiger charge is -2.12. The number of benzene rings is 1. The van der Waals surface area contributed by atoms with Gasteiger partial charge in [0.1, 0.15) is 5.75 Å². The first-order chi connectivity index (χ1) is 13.3. The van der Waals surface area contributed by atoms with Crippen molar-refractivity contribution in [3.63, 3.8) is 0 Å². The van der Waals surface area contributed by atoms with Gasteiger partial charge >= 0.3 is 0 Å². The van der Waals surface area contributed by atoms with Crippen LogP contribution in [-0.4, -0.2) is 59.6 Å². The number of halogens is 1. The van der Waals surface area contributed by atoms with Crippen molar-refractivity contribution in [1.29, 1.82) is 0 Å². The van der Waals surface area contributed by atoms with Gasteiger partial charge in [-0.2, -0.15) is 0 Å². The Morgan fingerprint density at radius 1 is 1.14 bits per heavy atom. The summed E-state index contributed by atoms with van der Waals surface area (Å²) in [6.45, 7) is 5.13. The van der Waals surface area contributed by atoms with E-state index in [0.29, 0.717) is 5.92 Å². The predicted octanol–water partition coefficient (Wildman–Crippen LogP) is 3.24. The zero-order valence-electron chi connectivity index (χ0n) is 17.2. The van der Waals surface area contributed by atoms with Gasteiger partial charge < -0.3 is 24.8 Å². The summed E-state index contributed by atoms with van der Waals surface area (Å²) in [5.74, 6) is 2.36. The van der Waals surface area contributed by atoms with Crippen molar-refractivity contribution < 1.29 is 14.2 Å². The molecule has 1 aromatic carbocycles. The summed E-state index contributed by atoms with van der Waals surface area (Å²) in [6, 6.07) is 8.30. The smallest absolute Gasteiger partial charge is 0.190 e. The van der Waals surface area contributed by atoms with Gasteiger partial charge in [0.25, 0.3) is 0 Å². The minimum atomic E-state index is 0. The molecule has 6 nitrogen and oxygen atoms in total. The van der Waals surface area contributed by atoms with E-state index >= 15 is 0 Å². The fraction of sp³-hybridized carbons (Fsp3) is 0.667. The van der Waals surface area contributed by atoms with Gasteiger partial charge in [-0.1, -0.05) is 12.1 Å². The fourth-order valence-electron chi connectivity index (χ4n) is 3.02. The largest absolute Gasteiger partial charge is 0.497 e. The number of aryl methyl sites for hydroxylation is 1. The van der Waals surface area contributed by atoms with Gasteiger partial charge in [0.15, 0.2) is 5.96 Å². The molecule has 0 saturated carbocycles. The molecule has 1 fully saturated rings. The van der Waals surface area contributed by atoms with Crippen molar-refractivity contribution in [3.8, 4) is 5.75 Å². The zero-order chi connectivity index (χ0) is 19.2. The summed E-state index contributed by atoms with van der Waals surface area (Å²) in [4.78, 5) is 4.27. The number of hydrogen-bond donors (Lipinski definition) is 2. The highest BCUT2D eigenvalue weighted by Gasteiger charge is 2.15. The molecule has 0 aromatic heterocycles. The molecule has 0 spiro atoms. The van der Waals surface area contributed by atoms with Crippen molar-refractivity contribution in [2.24, 2.45) is 10.9 Å². The van der Waals surface area contributed by atoms with Crippen molar-refractivity contribution in [2.45, 2.75) is 32.1 Å². The number of ether oxygens (including phenoxy) is 3. The molecule has 0 amide bonds. The van der Waals surface area contributed by atoms with Gasteiger partial charge in [0.2, 0.25) is 0 Å². The van der Waals surface area contributed by atoms with Gasteiger partial charge in [0, 0.05) is 39.3 Å². The molecule has 2 N–H and O–H groups in total. The maximum atomic E-state index is 5.71. The van der Waals surface area contributed by atoms with Crippen molar-refractivity contribution in [2.75, 3.05) is 53.7 Å². The van der Waals surface area contributed by atoms with Crippen LogP contribution < -0.4 is 15.4 Å². The molecule has 1 saturated heterocycles. The molecular weight excluding hydrogens is 469 g/mol. The van der Waals surface area contributed by atoms with Crippen LogP contribution in [0.4, 0.5) is 0 Å². The summed E-state index contributed by atoms with van der Waals surface area (Å²) in [7, 11) is 3.50. The highest BCUT2D eigenvalue weighted by atomic mass is 127. The van der Waals surface area contributed by atoms with Crippen LogP contribution in [0.15, 0.2) is 29.3 Å². The van der Waals surface area contributed by atoms with Crippen LogP contribution >= 0.6 is 24.0 Å². The highest BCUT2D eigenvalue weighted by molar-refractivity contribution is 14.0. The summed E-state index contributed by atoms with van der Waals surface area (Å²) in [5.41, 5.74) is 1.35. The summed E-state index contributed by atoms with van der Waals surface area (Å²) < 4.78 is 16.2. The van der Waals surface area contributed by atoms with Gasteiger partial charge in [0.05, 0.1) is 20.3 Å². The number of rotatable bonds is 12. The van der Waals surface area contributed by atoms with E-state index in [2.05, 4.69) is 27.8 Å².